The highest BCUT2D eigenvalue weighted by Gasteiger charge is 2.22. The van der Waals surface area contributed by atoms with Crippen molar-refractivity contribution in [3.05, 3.63) is 11.5 Å². The van der Waals surface area contributed by atoms with E-state index in [1.807, 2.05) is 33.8 Å². The lowest BCUT2D eigenvalue weighted by Crippen LogP contribution is -2.39. The van der Waals surface area contributed by atoms with Crippen LogP contribution in [-0.2, 0) is 4.74 Å². The van der Waals surface area contributed by atoms with Gasteiger partial charge in [0, 0.05) is 13.1 Å². The number of hydrogen-bond acceptors (Lipinski definition) is 3. The molecule has 0 atom stereocenters. The Labute approximate surface area is 124 Å². The van der Waals surface area contributed by atoms with Crippen molar-refractivity contribution in [2.24, 2.45) is 0 Å². The summed E-state index contributed by atoms with van der Waals surface area (Å²) in [7, 11) is 5.61. The van der Waals surface area contributed by atoms with Gasteiger partial charge in [0.05, 0.1) is 5.60 Å². The lowest BCUT2D eigenvalue weighted by Gasteiger charge is -2.29. The second-order valence-electron chi connectivity index (χ2n) is 6.62. The quantitative estimate of drug-likeness (QED) is 0.752. The van der Waals surface area contributed by atoms with Gasteiger partial charge in [-0.1, -0.05) is 13.0 Å². The molecule has 0 aromatic carbocycles. The van der Waals surface area contributed by atoms with Crippen LogP contribution in [0.15, 0.2) is 11.5 Å². The van der Waals surface area contributed by atoms with Gasteiger partial charge in [-0.2, -0.15) is 0 Å². The number of hydrogen-bond donors (Lipinski definition) is 1. The summed E-state index contributed by atoms with van der Waals surface area (Å²) < 4.78 is 5.23. The van der Waals surface area contributed by atoms with Crippen molar-refractivity contribution in [2.45, 2.75) is 65.6 Å². The number of amides is 1. The molecule has 1 amide bonds. The first-order chi connectivity index (χ1) is 8.94. The van der Waals surface area contributed by atoms with Gasteiger partial charge in [0.2, 0.25) is 0 Å². The number of aliphatic hydroxyl groups is 1. The third-order valence-electron chi connectivity index (χ3n) is 2.76. The van der Waals surface area contributed by atoms with Crippen molar-refractivity contribution < 1.29 is 14.6 Å². The summed E-state index contributed by atoms with van der Waals surface area (Å²) in [6.45, 7) is 12.3. The van der Waals surface area contributed by atoms with E-state index in [1.165, 1.54) is 0 Å². The van der Waals surface area contributed by atoms with Gasteiger partial charge in [-0.25, -0.2) is 4.79 Å². The van der Waals surface area contributed by atoms with Crippen LogP contribution in [0.5, 0.6) is 0 Å². The normalized spacial score (nSPS) is 15.9. The molecule has 0 fully saturated rings. The lowest BCUT2D eigenvalue weighted by atomic mass is 9.90. The van der Waals surface area contributed by atoms with Gasteiger partial charge < -0.3 is 14.7 Å². The van der Waals surface area contributed by atoms with Gasteiger partial charge in [-0.15, -0.1) is 5.47 Å². The Hall–Kier alpha value is -0.965. The first kappa shape index (κ1) is 19.0. The highest BCUT2D eigenvalue weighted by atomic mass is 16.6. The van der Waals surface area contributed by atoms with Gasteiger partial charge in [-0.05, 0) is 47.5 Å². The predicted octanol–water partition coefficient (Wildman–Crippen LogP) is 2.85. The zero-order chi connectivity index (χ0) is 16.0. The average molecular weight is 281 g/mol. The van der Waals surface area contributed by atoms with Gasteiger partial charge >= 0.3 is 6.09 Å². The summed E-state index contributed by atoms with van der Waals surface area (Å²) in [5, 5.41) is 8.83. The molecule has 0 aliphatic carbocycles. The van der Waals surface area contributed by atoms with E-state index in [1.54, 1.807) is 18.7 Å². The molecule has 4 nitrogen and oxygen atoms in total. The molecule has 1 rings (SSSR count). The molecule has 2 radical (unpaired) electrons. The van der Waals surface area contributed by atoms with Gasteiger partial charge in [-0.3, -0.25) is 0 Å². The summed E-state index contributed by atoms with van der Waals surface area (Å²) >= 11 is 0. The average Bonchev–Trinajstić information content (AvgIpc) is 2.27. The Morgan fingerprint density at radius 1 is 1.40 bits per heavy atom. The Kier molecular flexibility index (Phi) is 7.35. The van der Waals surface area contributed by atoms with Gasteiger partial charge in [0.1, 0.15) is 13.4 Å². The second-order valence-corrected chi connectivity index (χ2v) is 6.62. The van der Waals surface area contributed by atoms with Crippen molar-refractivity contribution in [3.8, 4) is 0 Å². The molecule has 0 spiro atoms. The van der Waals surface area contributed by atoms with Gasteiger partial charge in [0.25, 0.3) is 0 Å². The summed E-state index contributed by atoms with van der Waals surface area (Å²) in [4.78, 5) is 13.2. The van der Waals surface area contributed by atoms with Crippen LogP contribution < -0.4 is 0 Å². The maximum Gasteiger partial charge on any atom is 0.410 e. The number of carbonyl (C=O) groups excluding carboxylic acids is 1. The molecule has 0 saturated heterocycles. The van der Waals surface area contributed by atoms with E-state index in [-0.39, 0.29) is 6.09 Å². The second kappa shape index (κ2) is 7.72. The lowest BCUT2D eigenvalue weighted by molar-refractivity contribution is 0.0267. The first-order valence-electron chi connectivity index (χ1n) is 7.09. The Bertz CT molecular complexity index is 340. The molecule has 1 aliphatic heterocycles. The number of rotatable bonds is 1. The monoisotopic (exact) mass is 281 g/mol. The smallest absolute Gasteiger partial charge is 0.410 e. The number of carbonyl (C=O) groups is 1. The third-order valence-corrected chi connectivity index (χ3v) is 2.76. The summed E-state index contributed by atoms with van der Waals surface area (Å²) in [6.07, 6.45) is 3.15. The molecular formula is C15H28BNO3. The topological polar surface area (TPSA) is 49.8 Å². The van der Waals surface area contributed by atoms with E-state index in [0.717, 1.165) is 18.3 Å². The largest absolute Gasteiger partial charge is 0.444 e. The summed E-state index contributed by atoms with van der Waals surface area (Å²) in [5.41, 5.74) is -0.0335. The SMILES string of the molecule is CCC(C)(C)O.[B]C1=CCN(C(=O)OC(C)(C)C)CC1. The van der Waals surface area contributed by atoms with Gasteiger partial charge in [0.15, 0.2) is 0 Å². The zero-order valence-corrected chi connectivity index (χ0v) is 13.7. The van der Waals surface area contributed by atoms with Crippen molar-refractivity contribution in [1.82, 2.24) is 4.90 Å². The van der Waals surface area contributed by atoms with E-state index in [2.05, 4.69) is 0 Å². The van der Waals surface area contributed by atoms with Crippen molar-refractivity contribution in [1.29, 1.82) is 0 Å². The van der Waals surface area contributed by atoms with Crippen molar-refractivity contribution >= 4 is 13.9 Å². The van der Waals surface area contributed by atoms with E-state index < -0.39 is 11.2 Å². The van der Waals surface area contributed by atoms with Crippen LogP contribution in [0.4, 0.5) is 4.79 Å². The van der Waals surface area contributed by atoms with Crippen LogP contribution in [0.1, 0.15) is 54.4 Å². The number of ether oxygens (including phenoxy) is 1. The standard InChI is InChI=1S/C10H16BNO2.C5H12O/c1-10(2,3)14-9(13)12-6-4-8(11)5-7-12;1-4-5(2,3)6/h4H,5-7H2,1-3H3;6H,4H2,1-3H3. The van der Waals surface area contributed by atoms with E-state index >= 15 is 0 Å². The molecule has 114 valence electrons. The molecule has 1 heterocycles. The fourth-order valence-corrected chi connectivity index (χ4v) is 1.18. The predicted molar refractivity (Wildman–Crippen MR) is 82.8 cm³/mol. The number of nitrogens with zero attached hydrogens (tertiary/aromatic N) is 1. The Balaban J connectivity index is 0.000000511. The molecule has 5 heteroatoms. The maximum absolute atomic E-state index is 11.6. The van der Waals surface area contributed by atoms with E-state index in [0.29, 0.717) is 13.1 Å². The van der Waals surface area contributed by atoms with Crippen LogP contribution in [0, 0.1) is 0 Å². The van der Waals surface area contributed by atoms with E-state index in [4.69, 9.17) is 17.7 Å². The summed E-state index contributed by atoms with van der Waals surface area (Å²) in [6, 6.07) is 0. The highest BCUT2D eigenvalue weighted by Crippen LogP contribution is 2.13. The molecule has 0 saturated carbocycles. The molecule has 1 N–H and O–H groups in total. The van der Waals surface area contributed by atoms with Crippen LogP contribution in [0.25, 0.3) is 0 Å². The highest BCUT2D eigenvalue weighted by molar-refractivity contribution is 6.21. The molecule has 20 heavy (non-hydrogen) atoms. The Morgan fingerprint density at radius 2 is 1.90 bits per heavy atom. The Morgan fingerprint density at radius 3 is 2.20 bits per heavy atom. The fraction of sp³-hybridized carbons (Fsp3) is 0.800. The van der Waals surface area contributed by atoms with Crippen molar-refractivity contribution in [2.75, 3.05) is 13.1 Å². The first-order valence-corrected chi connectivity index (χ1v) is 7.09. The molecule has 0 aromatic heterocycles. The summed E-state index contributed by atoms with van der Waals surface area (Å²) in [5.74, 6) is 0. The minimum Gasteiger partial charge on any atom is -0.444 e. The molecular weight excluding hydrogens is 253 g/mol. The fourth-order valence-electron chi connectivity index (χ4n) is 1.18. The van der Waals surface area contributed by atoms with Crippen LogP contribution in [-0.4, -0.2) is 48.2 Å². The van der Waals surface area contributed by atoms with Crippen LogP contribution in [0.3, 0.4) is 0 Å². The molecule has 0 bridgehead atoms. The van der Waals surface area contributed by atoms with Crippen LogP contribution in [0.2, 0.25) is 0 Å². The maximum atomic E-state index is 11.6. The van der Waals surface area contributed by atoms with Crippen LogP contribution >= 0.6 is 0 Å². The van der Waals surface area contributed by atoms with E-state index in [9.17, 15) is 4.79 Å². The zero-order valence-electron chi connectivity index (χ0n) is 13.7. The minimum atomic E-state index is -0.458. The molecule has 1 aliphatic rings. The molecule has 0 unspecified atom stereocenters. The molecule has 0 aromatic rings. The third kappa shape index (κ3) is 9.90. The van der Waals surface area contributed by atoms with Crippen molar-refractivity contribution in [3.63, 3.8) is 0 Å². The minimum absolute atomic E-state index is 0.263.